The first-order valence-corrected chi connectivity index (χ1v) is 5.77. The van der Waals surface area contributed by atoms with Crippen LogP contribution in [0.15, 0.2) is 12.7 Å². The van der Waals surface area contributed by atoms with Gasteiger partial charge in [-0.3, -0.25) is 0 Å². The summed E-state index contributed by atoms with van der Waals surface area (Å²) in [5, 5.41) is 0. The number of rotatable bonds is 3. The predicted molar refractivity (Wildman–Crippen MR) is 63.9 cm³/mol. The Morgan fingerprint density at radius 1 is 1.47 bits per heavy atom. The molecule has 0 amide bonds. The van der Waals surface area contributed by atoms with E-state index in [9.17, 15) is 0 Å². The third-order valence-electron chi connectivity index (χ3n) is 3.12. The van der Waals surface area contributed by atoms with E-state index in [1.807, 2.05) is 7.05 Å². The van der Waals surface area contributed by atoms with Gasteiger partial charge in [0.15, 0.2) is 11.5 Å². The van der Waals surface area contributed by atoms with Crippen molar-refractivity contribution < 1.29 is 4.74 Å². The number of aromatic amines is 1. The Labute approximate surface area is 99.0 Å². The fourth-order valence-corrected chi connectivity index (χ4v) is 2.24. The van der Waals surface area contributed by atoms with Crippen LogP contribution in [0.5, 0.6) is 0 Å². The van der Waals surface area contributed by atoms with Crippen molar-refractivity contribution >= 4 is 17.0 Å². The molecule has 2 aromatic rings. The third-order valence-corrected chi connectivity index (χ3v) is 3.12. The van der Waals surface area contributed by atoms with Crippen LogP contribution in [0.1, 0.15) is 6.42 Å². The number of H-pyrrole nitrogens is 1. The molecular formula is C11H15N5O. The second kappa shape index (κ2) is 4.29. The molecule has 6 heteroatoms. The molecule has 0 saturated carbocycles. The van der Waals surface area contributed by atoms with E-state index in [0.717, 1.165) is 37.5 Å². The van der Waals surface area contributed by atoms with Crippen LogP contribution in [-0.2, 0) is 4.74 Å². The second-order valence-electron chi connectivity index (χ2n) is 4.41. The summed E-state index contributed by atoms with van der Waals surface area (Å²) in [7, 11) is 2.04. The van der Waals surface area contributed by atoms with Gasteiger partial charge >= 0.3 is 0 Å². The van der Waals surface area contributed by atoms with Gasteiger partial charge in [0, 0.05) is 26.1 Å². The first-order valence-electron chi connectivity index (χ1n) is 5.77. The minimum absolute atomic E-state index is 0.591. The lowest BCUT2D eigenvalue weighted by Crippen LogP contribution is -2.26. The third kappa shape index (κ3) is 1.95. The van der Waals surface area contributed by atoms with Crippen LogP contribution < -0.4 is 4.90 Å². The number of anilines is 1. The van der Waals surface area contributed by atoms with Gasteiger partial charge in [0.2, 0.25) is 0 Å². The number of ether oxygens (including phenoxy) is 1. The van der Waals surface area contributed by atoms with Crippen LogP contribution in [0, 0.1) is 5.92 Å². The lowest BCUT2D eigenvalue weighted by molar-refractivity contribution is 0.186. The molecule has 6 nitrogen and oxygen atoms in total. The Morgan fingerprint density at radius 3 is 3.24 bits per heavy atom. The first kappa shape index (κ1) is 10.5. The second-order valence-corrected chi connectivity index (χ2v) is 4.41. The Bertz CT molecular complexity index is 505. The minimum atomic E-state index is 0.591. The van der Waals surface area contributed by atoms with Gasteiger partial charge in [0.1, 0.15) is 11.8 Å². The van der Waals surface area contributed by atoms with Crippen LogP contribution in [0.25, 0.3) is 11.2 Å². The lowest BCUT2D eigenvalue weighted by Gasteiger charge is -2.21. The molecule has 1 aliphatic rings. The SMILES string of the molecule is CN(CC1CCOC1)c1ncnc2nc[nH]c12. The zero-order valence-electron chi connectivity index (χ0n) is 9.76. The maximum atomic E-state index is 5.39. The molecule has 90 valence electrons. The molecule has 3 heterocycles. The van der Waals surface area contributed by atoms with E-state index in [1.54, 1.807) is 12.7 Å². The molecular weight excluding hydrogens is 218 g/mol. The molecule has 1 atom stereocenters. The molecule has 1 fully saturated rings. The molecule has 1 unspecified atom stereocenters. The summed E-state index contributed by atoms with van der Waals surface area (Å²) in [5.74, 6) is 1.49. The normalized spacial score (nSPS) is 19.9. The molecule has 1 aliphatic heterocycles. The summed E-state index contributed by atoms with van der Waals surface area (Å²) in [5.41, 5.74) is 1.61. The number of imidazole rings is 1. The highest BCUT2D eigenvalue weighted by atomic mass is 16.5. The standard InChI is InChI=1S/C11H15N5O/c1-16(4-8-2-3-17-5-8)11-9-10(13-6-12-9)14-7-15-11/h6-8H,2-5H2,1H3,(H,12,13,14,15). The average Bonchev–Trinajstić information content (AvgIpc) is 2.97. The summed E-state index contributed by atoms with van der Waals surface area (Å²) >= 11 is 0. The van der Waals surface area contributed by atoms with E-state index >= 15 is 0 Å². The van der Waals surface area contributed by atoms with Gasteiger partial charge in [-0.25, -0.2) is 15.0 Å². The molecule has 1 N–H and O–H groups in total. The summed E-state index contributed by atoms with van der Waals surface area (Å²) in [6, 6.07) is 0. The number of hydrogen-bond donors (Lipinski definition) is 1. The van der Waals surface area contributed by atoms with E-state index in [-0.39, 0.29) is 0 Å². The molecule has 0 aromatic carbocycles. The van der Waals surface area contributed by atoms with Gasteiger partial charge in [-0.1, -0.05) is 0 Å². The van der Waals surface area contributed by atoms with Gasteiger partial charge < -0.3 is 14.6 Å². The van der Waals surface area contributed by atoms with Crippen molar-refractivity contribution in [3.05, 3.63) is 12.7 Å². The fourth-order valence-electron chi connectivity index (χ4n) is 2.24. The maximum Gasteiger partial charge on any atom is 0.182 e. The summed E-state index contributed by atoms with van der Waals surface area (Å²) in [6.07, 6.45) is 4.33. The molecule has 3 rings (SSSR count). The highest BCUT2D eigenvalue weighted by Gasteiger charge is 2.19. The zero-order valence-corrected chi connectivity index (χ0v) is 9.76. The Morgan fingerprint density at radius 2 is 2.41 bits per heavy atom. The summed E-state index contributed by atoms with van der Waals surface area (Å²) in [4.78, 5) is 17.8. The zero-order chi connectivity index (χ0) is 11.7. The van der Waals surface area contributed by atoms with E-state index in [4.69, 9.17) is 4.74 Å². The summed E-state index contributed by atoms with van der Waals surface area (Å²) in [6.45, 7) is 2.68. The van der Waals surface area contributed by atoms with Gasteiger partial charge in [0.25, 0.3) is 0 Å². The van der Waals surface area contributed by atoms with Crippen molar-refractivity contribution in [2.75, 3.05) is 31.7 Å². The fraction of sp³-hybridized carbons (Fsp3) is 0.545. The molecule has 0 spiro atoms. The molecule has 2 aromatic heterocycles. The smallest absolute Gasteiger partial charge is 0.182 e. The van der Waals surface area contributed by atoms with Crippen LogP contribution in [0.2, 0.25) is 0 Å². The van der Waals surface area contributed by atoms with Crippen molar-refractivity contribution in [2.24, 2.45) is 5.92 Å². The monoisotopic (exact) mass is 233 g/mol. The predicted octanol–water partition coefficient (Wildman–Crippen LogP) is 0.826. The van der Waals surface area contributed by atoms with Gasteiger partial charge in [-0.05, 0) is 6.42 Å². The largest absolute Gasteiger partial charge is 0.381 e. The van der Waals surface area contributed by atoms with Gasteiger partial charge in [-0.15, -0.1) is 0 Å². The van der Waals surface area contributed by atoms with E-state index in [1.165, 1.54) is 0 Å². The number of aromatic nitrogens is 4. The van der Waals surface area contributed by atoms with Crippen LogP contribution in [-0.4, -0.2) is 46.7 Å². The van der Waals surface area contributed by atoms with Crippen molar-refractivity contribution in [3.63, 3.8) is 0 Å². The van der Waals surface area contributed by atoms with Gasteiger partial charge in [-0.2, -0.15) is 0 Å². The minimum Gasteiger partial charge on any atom is -0.381 e. The molecule has 17 heavy (non-hydrogen) atoms. The van der Waals surface area contributed by atoms with E-state index in [2.05, 4.69) is 24.8 Å². The highest BCUT2D eigenvalue weighted by molar-refractivity contribution is 5.82. The number of nitrogens with zero attached hydrogens (tertiary/aromatic N) is 4. The topological polar surface area (TPSA) is 66.9 Å². The maximum absolute atomic E-state index is 5.39. The van der Waals surface area contributed by atoms with Crippen molar-refractivity contribution in [1.82, 2.24) is 19.9 Å². The highest BCUT2D eigenvalue weighted by Crippen LogP contribution is 2.21. The van der Waals surface area contributed by atoms with Gasteiger partial charge in [0.05, 0.1) is 12.9 Å². The van der Waals surface area contributed by atoms with Crippen molar-refractivity contribution in [3.8, 4) is 0 Å². The lowest BCUT2D eigenvalue weighted by atomic mass is 10.1. The first-order chi connectivity index (χ1) is 8.34. The van der Waals surface area contributed by atoms with Crippen LogP contribution in [0.4, 0.5) is 5.82 Å². The average molecular weight is 233 g/mol. The van der Waals surface area contributed by atoms with Crippen LogP contribution >= 0.6 is 0 Å². The van der Waals surface area contributed by atoms with E-state index < -0.39 is 0 Å². The Kier molecular flexibility index (Phi) is 2.64. The van der Waals surface area contributed by atoms with Crippen molar-refractivity contribution in [2.45, 2.75) is 6.42 Å². The van der Waals surface area contributed by atoms with Crippen LogP contribution in [0.3, 0.4) is 0 Å². The Hall–Kier alpha value is -1.69. The quantitative estimate of drug-likeness (QED) is 0.850. The summed E-state index contributed by atoms with van der Waals surface area (Å²) < 4.78 is 5.39. The molecule has 1 saturated heterocycles. The Balaban J connectivity index is 1.84. The van der Waals surface area contributed by atoms with E-state index in [0.29, 0.717) is 11.6 Å². The number of hydrogen-bond acceptors (Lipinski definition) is 5. The molecule has 0 radical (unpaired) electrons. The number of fused-ring (bicyclic) bond motifs is 1. The molecule has 0 aliphatic carbocycles. The number of nitrogens with one attached hydrogen (secondary N) is 1. The molecule has 0 bridgehead atoms. The van der Waals surface area contributed by atoms with Crippen molar-refractivity contribution in [1.29, 1.82) is 0 Å².